The Balaban J connectivity index is 2.47. The van der Waals surface area contributed by atoms with Crippen LogP contribution < -0.4 is 0 Å². The van der Waals surface area contributed by atoms with Crippen molar-refractivity contribution in [2.75, 3.05) is 7.05 Å². The number of nitrogens with zero attached hydrogens (tertiary/aromatic N) is 3. The van der Waals surface area contributed by atoms with E-state index in [-0.39, 0.29) is 11.9 Å². The number of aromatic nitrogens is 2. The average molecular weight is 279 g/mol. The molecule has 1 aliphatic heterocycles. The highest BCUT2D eigenvalue weighted by Gasteiger charge is 2.38. The molecule has 2 unspecified atom stereocenters. The summed E-state index contributed by atoms with van der Waals surface area (Å²) in [7, 11) is 1.69. The van der Waals surface area contributed by atoms with Gasteiger partial charge in [-0.3, -0.25) is 9.59 Å². The molecule has 1 saturated heterocycles. The van der Waals surface area contributed by atoms with Crippen molar-refractivity contribution in [2.45, 2.75) is 45.2 Å². The fourth-order valence-electron chi connectivity index (χ4n) is 2.87. The molecule has 0 saturated carbocycles. The molecule has 0 spiro atoms. The molecular formula is C14H21N3O3. The molecule has 0 aromatic carbocycles. The van der Waals surface area contributed by atoms with Gasteiger partial charge in [0.2, 0.25) is 5.91 Å². The Morgan fingerprint density at radius 1 is 1.50 bits per heavy atom. The second-order valence-corrected chi connectivity index (χ2v) is 5.61. The Bertz CT molecular complexity index is 510. The minimum absolute atomic E-state index is 0.00439. The third-order valence-electron chi connectivity index (χ3n) is 3.97. The summed E-state index contributed by atoms with van der Waals surface area (Å²) in [5, 5.41) is 9.50. The largest absolute Gasteiger partial charge is 0.481 e. The van der Waals surface area contributed by atoms with Crippen LogP contribution in [0.3, 0.4) is 0 Å². The third-order valence-corrected chi connectivity index (χ3v) is 3.97. The number of rotatable bonds is 3. The van der Waals surface area contributed by atoms with E-state index < -0.39 is 17.9 Å². The van der Waals surface area contributed by atoms with Crippen molar-refractivity contribution in [3.63, 3.8) is 0 Å². The fourth-order valence-corrected chi connectivity index (χ4v) is 2.87. The lowest BCUT2D eigenvalue weighted by Gasteiger charge is -2.31. The van der Waals surface area contributed by atoms with Crippen LogP contribution in [0.5, 0.6) is 0 Å². The number of carboxylic acid groups (broad SMARTS) is 1. The Labute approximate surface area is 118 Å². The molecule has 0 aliphatic carbocycles. The summed E-state index contributed by atoms with van der Waals surface area (Å²) in [6.07, 6.45) is 4.91. The molecule has 6 nitrogen and oxygen atoms in total. The van der Waals surface area contributed by atoms with Gasteiger partial charge in [0, 0.05) is 19.5 Å². The normalized spacial score (nSPS) is 24.0. The first-order valence-corrected chi connectivity index (χ1v) is 6.93. The van der Waals surface area contributed by atoms with Crippen molar-refractivity contribution in [3.8, 4) is 0 Å². The summed E-state index contributed by atoms with van der Waals surface area (Å²) >= 11 is 0. The highest BCUT2D eigenvalue weighted by Crippen LogP contribution is 2.35. The predicted molar refractivity (Wildman–Crippen MR) is 73.1 cm³/mol. The first-order valence-electron chi connectivity index (χ1n) is 6.93. The monoisotopic (exact) mass is 279 g/mol. The lowest BCUT2D eigenvalue weighted by atomic mass is 9.92. The van der Waals surface area contributed by atoms with Gasteiger partial charge in [-0.1, -0.05) is 0 Å². The van der Waals surface area contributed by atoms with Crippen LogP contribution in [0.25, 0.3) is 0 Å². The zero-order valence-corrected chi connectivity index (χ0v) is 12.1. The van der Waals surface area contributed by atoms with Gasteiger partial charge in [-0.25, -0.2) is 4.98 Å². The zero-order valence-electron chi connectivity index (χ0n) is 12.1. The van der Waals surface area contributed by atoms with Gasteiger partial charge in [0.1, 0.15) is 0 Å². The quantitative estimate of drug-likeness (QED) is 0.916. The molecule has 6 heteroatoms. The van der Waals surface area contributed by atoms with E-state index in [1.807, 2.05) is 18.4 Å². The maximum Gasteiger partial charge on any atom is 0.309 e. The van der Waals surface area contributed by atoms with Gasteiger partial charge in [-0.05, 0) is 26.7 Å². The van der Waals surface area contributed by atoms with E-state index in [1.54, 1.807) is 24.5 Å². The summed E-state index contributed by atoms with van der Waals surface area (Å²) in [5.41, 5.74) is 0.796. The molecule has 2 rings (SSSR count). The molecule has 110 valence electrons. The summed E-state index contributed by atoms with van der Waals surface area (Å²) < 4.78 is 1.94. The van der Waals surface area contributed by atoms with Crippen molar-refractivity contribution < 1.29 is 14.7 Å². The molecule has 20 heavy (non-hydrogen) atoms. The van der Waals surface area contributed by atoms with Gasteiger partial charge in [-0.2, -0.15) is 0 Å². The number of amides is 1. The van der Waals surface area contributed by atoms with Crippen molar-refractivity contribution in [2.24, 2.45) is 5.92 Å². The average Bonchev–Trinajstić information content (AvgIpc) is 2.80. The summed E-state index contributed by atoms with van der Waals surface area (Å²) in [6.45, 7) is 4.03. The molecule has 1 fully saturated rings. The second-order valence-electron chi connectivity index (χ2n) is 5.61. The Kier molecular flexibility index (Phi) is 4.11. The highest BCUT2D eigenvalue weighted by atomic mass is 16.4. The molecule has 1 aliphatic rings. The first-order chi connectivity index (χ1) is 9.43. The molecule has 1 aromatic heterocycles. The SMILES string of the molecule is CC(C)n1cncc1C1C(C(=O)O)CCCC(=O)N1C. The second kappa shape index (κ2) is 5.64. The van der Waals surface area contributed by atoms with E-state index in [9.17, 15) is 14.7 Å². The van der Waals surface area contributed by atoms with Crippen molar-refractivity contribution in [1.82, 2.24) is 14.5 Å². The van der Waals surface area contributed by atoms with Crippen LogP contribution in [0.1, 0.15) is 50.9 Å². The fraction of sp³-hybridized carbons (Fsp3) is 0.643. The van der Waals surface area contributed by atoms with Crippen molar-refractivity contribution in [3.05, 3.63) is 18.2 Å². The molecule has 1 aromatic rings. The molecule has 2 heterocycles. The third kappa shape index (κ3) is 2.55. The van der Waals surface area contributed by atoms with Gasteiger partial charge >= 0.3 is 5.97 Å². The van der Waals surface area contributed by atoms with E-state index in [2.05, 4.69) is 4.98 Å². The summed E-state index contributed by atoms with van der Waals surface area (Å²) in [6, 6.07) is -0.277. The van der Waals surface area contributed by atoms with Crippen LogP contribution in [0.2, 0.25) is 0 Å². The maximum absolute atomic E-state index is 12.1. The first kappa shape index (κ1) is 14.6. The molecular weight excluding hydrogens is 258 g/mol. The standard InChI is InChI=1S/C14H21N3O3/c1-9(2)17-8-15-7-11(17)13-10(14(19)20)5-4-6-12(18)16(13)3/h7-10,13H,4-6H2,1-3H3,(H,19,20). The van der Waals surface area contributed by atoms with Gasteiger partial charge in [-0.15, -0.1) is 0 Å². The Hall–Kier alpha value is -1.85. The number of carboxylic acids is 1. The molecule has 0 radical (unpaired) electrons. The van der Waals surface area contributed by atoms with E-state index >= 15 is 0 Å². The van der Waals surface area contributed by atoms with Crippen LogP contribution in [0, 0.1) is 5.92 Å². The lowest BCUT2D eigenvalue weighted by Crippen LogP contribution is -2.37. The zero-order chi connectivity index (χ0) is 14.9. The highest BCUT2D eigenvalue weighted by molar-refractivity contribution is 5.79. The maximum atomic E-state index is 12.1. The van der Waals surface area contributed by atoms with E-state index in [0.29, 0.717) is 19.3 Å². The van der Waals surface area contributed by atoms with Gasteiger partial charge in [0.25, 0.3) is 0 Å². The molecule has 2 atom stereocenters. The predicted octanol–water partition coefficient (Wildman–Crippen LogP) is 1.85. The number of hydrogen-bond acceptors (Lipinski definition) is 3. The van der Waals surface area contributed by atoms with Crippen molar-refractivity contribution >= 4 is 11.9 Å². The van der Waals surface area contributed by atoms with E-state index in [4.69, 9.17) is 0 Å². The molecule has 1 amide bonds. The Morgan fingerprint density at radius 3 is 2.80 bits per heavy atom. The number of carbonyl (C=O) groups excluding carboxylic acids is 1. The number of aliphatic carboxylic acids is 1. The summed E-state index contributed by atoms with van der Waals surface area (Å²) in [4.78, 5) is 29.4. The number of carbonyl (C=O) groups is 2. The smallest absolute Gasteiger partial charge is 0.309 e. The van der Waals surface area contributed by atoms with Gasteiger partial charge in [0.05, 0.1) is 30.2 Å². The minimum atomic E-state index is -0.854. The molecule has 1 N–H and O–H groups in total. The van der Waals surface area contributed by atoms with Crippen LogP contribution >= 0.6 is 0 Å². The number of likely N-dealkylation sites (tertiary alicyclic amines) is 1. The van der Waals surface area contributed by atoms with Crippen LogP contribution in [-0.4, -0.2) is 38.5 Å². The number of imidazole rings is 1. The molecule has 0 bridgehead atoms. The van der Waals surface area contributed by atoms with Gasteiger partial charge < -0.3 is 14.6 Å². The van der Waals surface area contributed by atoms with Crippen LogP contribution in [-0.2, 0) is 9.59 Å². The summed E-state index contributed by atoms with van der Waals surface area (Å²) in [5.74, 6) is -1.44. The minimum Gasteiger partial charge on any atom is -0.481 e. The van der Waals surface area contributed by atoms with Crippen molar-refractivity contribution in [1.29, 1.82) is 0 Å². The van der Waals surface area contributed by atoms with Crippen LogP contribution in [0.4, 0.5) is 0 Å². The Morgan fingerprint density at radius 2 is 2.20 bits per heavy atom. The van der Waals surface area contributed by atoms with Crippen LogP contribution in [0.15, 0.2) is 12.5 Å². The van der Waals surface area contributed by atoms with E-state index in [1.165, 1.54) is 0 Å². The van der Waals surface area contributed by atoms with Gasteiger partial charge in [0.15, 0.2) is 0 Å². The number of hydrogen-bond donors (Lipinski definition) is 1. The lowest BCUT2D eigenvalue weighted by molar-refractivity contribution is -0.145. The van der Waals surface area contributed by atoms with E-state index in [0.717, 1.165) is 5.69 Å². The topological polar surface area (TPSA) is 75.4 Å².